The molecule has 7 nitrogen and oxygen atoms in total. The molecule has 0 aromatic heterocycles. The number of nitrogens with one attached hydrogen (secondary N) is 1. The van der Waals surface area contributed by atoms with Gasteiger partial charge in [0.05, 0.1) is 17.5 Å². The number of carbonyl (C=O) groups is 2. The van der Waals surface area contributed by atoms with Gasteiger partial charge in [0.1, 0.15) is 0 Å². The molecule has 1 amide bonds. The highest BCUT2D eigenvalue weighted by molar-refractivity contribution is 7.92. The van der Waals surface area contributed by atoms with Crippen molar-refractivity contribution in [3.8, 4) is 0 Å². The number of nitrogens with zero attached hydrogens (tertiary/aromatic N) is 1. The van der Waals surface area contributed by atoms with Gasteiger partial charge in [0.15, 0.2) is 6.61 Å². The van der Waals surface area contributed by atoms with E-state index in [1.54, 1.807) is 12.1 Å². The Bertz CT molecular complexity index is 684. The molecular formula is C13H16N2O5S. The monoisotopic (exact) mass is 312 g/mol. The van der Waals surface area contributed by atoms with Gasteiger partial charge in [-0.3, -0.25) is 9.10 Å². The minimum absolute atomic E-state index is 0.299. The Balaban J connectivity index is 2.16. The quantitative estimate of drug-likeness (QED) is 0.785. The van der Waals surface area contributed by atoms with Gasteiger partial charge in [-0.2, -0.15) is 0 Å². The van der Waals surface area contributed by atoms with E-state index in [4.69, 9.17) is 4.74 Å². The van der Waals surface area contributed by atoms with Crippen molar-refractivity contribution < 1.29 is 22.7 Å². The predicted molar refractivity (Wildman–Crippen MR) is 76.7 cm³/mol. The molecule has 1 aromatic carbocycles. The topological polar surface area (TPSA) is 92.8 Å². The summed E-state index contributed by atoms with van der Waals surface area (Å²) in [5.74, 6) is -1.01. The lowest BCUT2D eigenvalue weighted by molar-refractivity contribution is -0.123. The molecular weight excluding hydrogens is 296 g/mol. The number of hydrogen-bond donors (Lipinski definition) is 1. The molecule has 1 aliphatic rings. The molecule has 8 heteroatoms. The fourth-order valence-electron chi connectivity index (χ4n) is 2.13. The van der Waals surface area contributed by atoms with Gasteiger partial charge in [0, 0.05) is 13.6 Å². The van der Waals surface area contributed by atoms with E-state index in [9.17, 15) is 18.0 Å². The first-order chi connectivity index (χ1) is 9.82. The van der Waals surface area contributed by atoms with Gasteiger partial charge in [-0.25, -0.2) is 13.2 Å². The van der Waals surface area contributed by atoms with Crippen LogP contribution in [0.5, 0.6) is 0 Å². The van der Waals surface area contributed by atoms with Gasteiger partial charge in [-0.05, 0) is 30.2 Å². The fraction of sp³-hybridized carbons (Fsp3) is 0.385. The lowest BCUT2D eigenvalue weighted by atomic mass is 10.1. The maximum absolute atomic E-state index is 11.8. The van der Waals surface area contributed by atoms with E-state index < -0.39 is 21.9 Å². The molecule has 1 aromatic rings. The summed E-state index contributed by atoms with van der Waals surface area (Å²) in [7, 11) is -1.86. The number of likely N-dealkylation sites (N-methyl/N-ethyl adjacent to an activating group) is 1. The zero-order valence-electron chi connectivity index (χ0n) is 11.8. The summed E-state index contributed by atoms with van der Waals surface area (Å²) in [4.78, 5) is 22.8. The lowest BCUT2D eigenvalue weighted by Gasteiger charge is -2.16. The highest BCUT2D eigenvalue weighted by Gasteiger charge is 2.27. The van der Waals surface area contributed by atoms with Crippen LogP contribution in [0.3, 0.4) is 0 Å². The van der Waals surface area contributed by atoms with Crippen molar-refractivity contribution in [2.24, 2.45) is 0 Å². The highest BCUT2D eigenvalue weighted by Crippen LogP contribution is 2.30. The van der Waals surface area contributed by atoms with Crippen molar-refractivity contribution >= 4 is 27.6 Å². The summed E-state index contributed by atoms with van der Waals surface area (Å²) in [6.45, 7) is 0.0206. The molecule has 0 fully saturated rings. The van der Waals surface area contributed by atoms with Crippen LogP contribution in [0.2, 0.25) is 0 Å². The number of sulfonamides is 1. The molecule has 21 heavy (non-hydrogen) atoms. The summed E-state index contributed by atoms with van der Waals surface area (Å²) in [6.07, 6.45) is 1.69. The van der Waals surface area contributed by atoms with Gasteiger partial charge < -0.3 is 10.1 Å². The number of rotatable bonds is 4. The van der Waals surface area contributed by atoms with Gasteiger partial charge in [0.25, 0.3) is 5.91 Å². The molecule has 2 rings (SSSR count). The average molecular weight is 312 g/mol. The van der Waals surface area contributed by atoms with E-state index in [1.165, 1.54) is 17.4 Å². The van der Waals surface area contributed by atoms with Crippen LogP contribution in [-0.2, 0) is 26.0 Å². The number of esters is 1. The van der Waals surface area contributed by atoms with Crippen LogP contribution in [0.4, 0.5) is 5.69 Å². The third-order valence-corrected chi connectivity index (χ3v) is 4.36. The second-order valence-corrected chi connectivity index (χ2v) is 6.58. The van der Waals surface area contributed by atoms with E-state index >= 15 is 0 Å². The van der Waals surface area contributed by atoms with Crippen molar-refractivity contribution in [3.05, 3.63) is 29.3 Å². The van der Waals surface area contributed by atoms with E-state index in [0.29, 0.717) is 24.2 Å². The molecule has 1 N–H and O–H groups in total. The molecule has 1 aliphatic heterocycles. The zero-order valence-corrected chi connectivity index (χ0v) is 12.6. The van der Waals surface area contributed by atoms with Gasteiger partial charge in [0.2, 0.25) is 10.0 Å². The smallest absolute Gasteiger partial charge is 0.338 e. The molecule has 0 aliphatic carbocycles. The van der Waals surface area contributed by atoms with Crippen LogP contribution < -0.4 is 9.62 Å². The van der Waals surface area contributed by atoms with Gasteiger partial charge in [-0.15, -0.1) is 0 Å². The van der Waals surface area contributed by atoms with Crippen molar-refractivity contribution in [2.45, 2.75) is 6.42 Å². The number of amides is 1. The molecule has 0 unspecified atom stereocenters. The van der Waals surface area contributed by atoms with Crippen LogP contribution in [0, 0.1) is 0 Å². The molecule has 0 radical (unpaired) electrons. The van der Waals surface area contributed by atoms with Crippen LogP contribution >= 0.6 is 0 Å². The minimum Gasteiger partial charge on any atom is -0.452 e. The Kier molecular flexibility index (Phi) is 4.17. The normalized spacial score (nSPS) is 13.7. The Morgan fingerprint density at radius 2 is 2.10 bits per heavy atom. The van der Waals surface area contributed by atoms with Crippen molar-refractivity contribution in [3.63, 3.8) is 0 Å². The molecule has 1 heterocycles. The second-order valence-electron chi connectivity index (χ2n) is 4.68. The zero-order chi connectivity index (χ0) is 15.6. The summed E-state index contributed by atoms with van der Waals surface area (Å²) in [5, 5.41) is 2.35. The number of anilines is 1. The number of hydrogen-bond acceptors (Lipinski definition) is 5. The van der Waals surface area contributed by atoms with Crippen molar-refractivity contribution in [2.75, 3.05) is 30.8 Å². The largest absolute Gasteiger partial charge is 0.452 e. The second kappa shape index (κ2) is 5.72. The molecule has 0 spiro atoms. The van der Waals surface area contributed by atoms with E-state index in [2.05, 4.69) is 5.32 Å². The van der Waals surface area contributed by atoms with Crippen molar-refractivity contribution in [1.29, 1.82) is 0 Å². The van der Waals surface area contributed by atoms with Crippen LogP contribution in [0.15, 0.2) is 18.2 Å². The van der Waals surface area contributed by atoms with Crippen LogP contribution in [-0.4, -0.2) is 46.7 Å². The first-order valence-electron chi connectivity index (χ1n) is 6.31. The Morgan fingerprint density at radius 3 is 2.71 bits per heavy atom. The average Bonchev–Trinajstić information content (AvgIpc) is 2.87. The third-order valence-electron chi connectivity index (χ3n) is 3.18. The summed E-state index contributed by atoms with van der Waals surface area (Å²) < 4.78 is 29.4. The standard InChI is InChI=1S/C13H16N2O5S/c1-14-12(16)8-20-13(17)10-3-4-11-9(7-10)5-6-15(11)21(2,18)19/h3-4,7H,5-6,8H2,1-2H3,(H,14,16). The third kappa shape index (κ3) is 3.33. The van der Waals surface area contributed by atoms with Crippen molar-refractivity contribution in [1.82, 2.24) is 5.32 Å². The molecule has 0 bridgehead atoms. The first-order valence-corrected chi connectivity index (χ1v) is 8.16. The Hall–Kier alpha value is -2.09. The van der Waals surface area contributed by atoms with E-state index in [-0.39, 0.29) is 6.61 Å². The van der Waals surface area contributed by atoms with Gasteiger partial charge in [-0.1, -0.05) is 0 Å². The van der Waals surface area contributed by atoms with Crippen LogP contribution in [0.1, 0.15) is 15.9 Å². The summed E-state index contributed by atoms with van der Waals surface area (Å²) >= 11 is 0. The maximum atomic E-state index is 11.8. The number of benzene rings is 1. The first kappa shape index (κ1) is 15.3. The molecule has 114 valence electrons. The number of carbonyl (C=O) groups excluding carboxylic acids is 2. The highest BCUT2D eigenvalue weighted by atomic mass is 32.2. The lowest BCUT2D eigenvalue weighted by Crippen LogP contribution is -2.27. The SMILES string of the molecule is CNC(=O)COC(=O)c1ccc2c(c1)CCN2S(C)(=O)=O. The van der Waals surface area contributed by atoms with E-state index in [1.807, 2.05) is 0 Å². The Labute approximate surface area is 122 Å². The maximum Gasteiger partial charge on any atom is 0.338 e. The van der Waals surface area contributed by atoms with Gasteiger partial charge >= 0.3 is 5.97 Å². The summed E-state index contributed by atoms with van der Waals surface area (Å²) in [5.41, 5.74) is 1.66. The summed E-state index contributed by atoms with van der Waals surface area (Å²) in [6, 6.07) is 4.68. The Morgan fingerprint density at radius 1 is 1.38 bits per heavy atom. The fourth-order valence-corrected chi connectivity index (χ4v) is 3.09. The minimum atomic E-state index is -3.31. The number of fused-ring (bicyclic) bond motifs is 1. The van der Waals surface area contributed by atoms with E-state index in [0.717, 1.165) is 11.8 Å². The molecule has 0 saturated heterocycles. The van der Waals surface area contributed by atoms with Crippen LogP contribution in [0.25, 0.3) is 0 Å². The number of ether oxygens (including phenoxy) is 1. The predicted octanol–water partition coefficient (Wildman–Crippen LogP) is -0.0885. The molecule has 0 atom stereocenters. The molecule has 0 saturated carbocycles.